The van der Waals surface area contributed by atoms with E-state index in [0.29, 0.717) is 31.5 Å². The second kappa shape index (κ2) is 7.06. The van der Waals surface area contributed by atoms with Crippen LogP contribution in [0, 0.1) is 5.82 Å². The van der Waals surface area contributed by atoms with Gasteiger partial charge in [0, 0.05) is 19.1 Å². The van der Waals surface area contributed by atoms with E-state index >= 15 is 0 Å². The molecule has 21 heavy (non-hydrogen) atoms. The van der Waals surface area contributed by atoms with Crippen LogP contribution in [0.3, 0.4) is 0 Å². The molecule has 1 N–H and O–H groups in total. The van der Waals surface area contributed by atoms with Crippen LogP contribution >= 0.6 is 0 Å². The molecule has 114 valence electrons. The fourth-order valence-corrected chi connectivity index (χ4v) is 2.45. The highest BCUT2D eigenvalue weighted by molar-refractivity contribution is 5.78. The first kappa shape index (κ1) is 15.3. The van der Waals surface area contributed by atoms with Gasteiger partial charge in [-0.1, -0.05) is 12.1 Å². The number of likely N-dealkylation sites (tertiary alicyclic amines) is 1. The molecule has 0 aromatic heterocycles. The normalized spacial score (nSPS) is 15.6. The summed E-state index contributed by atoms with van der Waals surface area (Å²) < 4.78 is 17.7. The molecule has 1 aromatic carbocycles. The number of nitrogens with one attached hydrogen (secondary N) is 1. The van der Waals surface area contributed by atoms with Crippen molar-refractivity contribution in [3.63, 3.8) is 0 Å². The van der Waals surface area contributed by atoms with E-state index in [9.17, 15) is 14.0 Å². The van der Waals surface area contributed by atoms with Gasteiger partial charge in [0.2, 0.25) is 5.91 Å². The SMILES string of the molecule is COC(=O)N1CCC(NC(=O)Cc2cccc(F)c2)CC1. The zero-order valence-corrected chi connectivity index (χ0v) is 12.0. The number of hydrogen-bond donors (Lipinski definition) is 1. The van der Waals surface area contributed by atoms with Gasteiger partial charge in [0.05, 0.1) is 13.5 Å². The van der Waals surface area contributed by atoms with Crippen LogP contribution in [-0.2, 0) is 16.0 Å². The molecule has 0 radical (unpaired) electrons. The van der Waals surface area contributed by atoms with E-state index in [1.54, 1.807) is 17.0 Å². The second-order valence-electron chi connectivity index (χ2n) is 5.11. The topological polar surface area (TPSA) is 58.6 Å². The lowest BCUT2D eigenvalue weighted by molar-refractivity contribution is -0.121. The molecule has 0 aliphatic carbocycles. The minimum absolute atomic E-state index is 0.0481. The molecule has 6 heteroatoms. The molecule has 0 bridgehead atoms. The van der Waals surface area contributed by atoms with Crippen molar-refractivity contribution in [3.8, 4) is 0 Å². The number of carbonyl (C=O) groups excluding carboxylic acids is 2. The molecule has 0 saturated carbocycles. The first-order chi connectivity index (χ1) is 10.1. The lowest BCUT2D eigenvalue weighted by atomic mass is 10.0. The van der Waals surface area contributed by atoms with Crippen LogP contribution in [0.1, 0.15) is 18.4 Å². The second-order valence-corrected chi connectivity index (χ2v) is 5.11. The van der Waals surface area contributed by atoms with Gasteiger partial charge in [-0.05, 0) is 30.5 Å². The summed E-state index contributed by atoms with van der Waals surface area (Å²) >= 11 is 0. The van der Waals surface area contributed by atoms with Crippen molar-refractivity contribution in [1.82, 2.24) is 10.2 Å². The molecule has 1 aromatic rings. The van der Waals surface area contributed by atoms with Gasteiger partial charge in [-0.3, -0.25) is 4.79 Å². The monoisotopic (exact) mass is 294 g/mol. The number of ether oxygens (including phenoxy) is 1. The third-order valence-corrected chi connectivity index (χ3v) is 3.55. The summed E-state index contributed by atoms with van der Waals surface area (Å²) in [4.78, 5) is 24.9. The summed E-state index contributed by atoms with van der Waals surface area (Å²) in [5.41, 5.74) is 0.652. The molecular formula is C15H19FN2O3. The number of rotatable bonds is 3. The van der Waals surface area contributed by atoms with Crippen molar-refractivity contribution in [2.24, 2.45) is 0 Å². The van der Waals surface area contributed by atoms with Gasteiger partial charge in [-0.25, -0.2) is 9.18 Å². The number of nitrogens with zero attached hydrogens (tertiary/aromatic N) is 1. The maximum absolute atomic E-state index is 13.0. The van der Waals surface area contributed by atoms with Crippen LogP contribution in [0.15, 0.2) is 24.3 Å². The van der Waals surface area contributed by atoms with E-state index in [2.05, 4.69) is 10.1 Å². The van der Waals surface area contributed by atoms with Crippen molar-refractivity contribution in [3.05, 3.63) is 35.6 Å². The van der Waals surface area contributed by atoms with Crippen LogP contribution in [0.4, 0.5) is 9.18 Å². The van der Waals surface area contributed by atoms with Gasteiger partial charge in [0.25, 0.3) is 0 Å². The number of methoxy groups -OCH3 is 1. The van der Waals surface area contributed by atoms with Gasteiger partial charge in [0.1, 0.15) is 5.82 Å². The quantitative estimate of drug-likeness (QED) is 0.923. The lowest BCUT2D eigenvalue weighted by Crippen LogP contribution is -2.46. The maximum atomic E-state index is 13.0. The minimum Gasteiger partial charge on any atom is -0.453 e. The number of amides is 2. The van der Waals surface area contributed by atoms with Crippen LogP contribution in [-0.4, -0.2) is 43.1 Å². The van der Waals surface area contributed by atoms with Gasteiger partial charge >= 0.3 is 6.09 Å². The summed E-state index contributed by atoms with van der Waals surface area (Å²) in [6.07, 6.45) is 1.22. The number of benzene rings is 1. The van der Waals surface area contributed by atoms with Crippen molar-refractivity contribution < 1.29 is 18.7 Å². The van der Waals surface area contributed by atoms with Crippen molar-refractivity contribution in [1.29, 1.82) is 0 Å². The molecule has 0 atom stereocenters. The standard InChI is InChI=1S/C15H19FN2O3/c1-21-15(20)18-7-5-13(6-8-18)17-14(19)10-11-3-2-4-12(16)9-11/h2-4,9,13H,5-8,10H2,1H3,(H,17,19). The van der Waals surface area contributed by atoms with Crippen LogP contribution in [0.5, 0.6) is 0 Å². The van der Waals surface area contributed by atoms with E-state index < -0.39 is 0 Å². The number of halogens is 1. The zero-order valence-electron chi connectivity index (χ0n) is 12.0. The number of piperidine rings is 1. The predicted octanol–water partition coefficient (Wildman–Crippen LogP) is 1.72. The Kier molecular flexibility index (Phi) is 5.14. The first-order valence-electron chi connectivity index (χ1n) is 6.95. The average Bonchev–Trinajstić information content (AvgIpc) is 2.47. The van der Waals surface area contributed by atoms with E-state index in [0.717, 1.165) is 0 Å². The molecule has 5 nitrogen and oxygen atoms in total. The van der Waals surface area contributed by atoms with E-state index in [4.69, 9.17) is 0 Å². The molecule has 1 heterocycles. The molecule has 0 unspecified atom stereocenters. The smallest absolute Gasteiger partial charge is 0.409 e. The Balaban J connectivity index is 1.78. The van der Waals surface area contributed by atoms with Crippen LogP contribution in [0.2, 0.25) is 0 Å². The third-order valence-electron chi connectivity index (χ3n) is 3.55. The van der Waals surface area contributed by atoms with Gasteiger partial charge in [0.15, 0.2) is 0 Å². The predicted molar refractivity (Wildman–Crippen MR) is 75.2 cm³/mol. The molecule has 1 aliphatic rings. The Hall–Kier alpha value is -2.11. The largest absolute Gasteiger partial charge is 0.453 e. The molecule has 2 rings (SSSR count). The molecule has 1 fully saturated rings. The third kappa shape index (κ3) is 4.44. The van der Waals surface area contributed by atoms with Gasteiger partial charge in [-0.15, -0.1) is 0 Å². The Morgan fingerprint density at radius 3 is 2.71 bits per heavy atom. The van der Waals surface area contributed by atoms with Gasteiger partial charge in [-0.2, -0.15) is 0 Å². The summed E-state index contributed by atoms with van der Waals surface area (Å²) in [6, 6.07) is 6.07. The molecule has 2 amide bonds. The Labute approximate surface area is 123 Å². The van der Waals surface area contributed by atoms with Gasteiger partial charge < -0.3 is 15.0 Å². The summed E-state index contributed by atoms with van der Waals surface area (Å²) in [7, 11) is 1.36. The summed E-state index contributed by atoms with van der Waals surface area (Å²) in [5.74, 6) is -0.469. The van der Waals surface area contributed by atoms with Crippen LogP contribution in [0.25, 0.3) is 0 Å². The fraction of sp³-hybridized carbons (Fsp3) is 0.467. The Morgan fingerprint density at radius 1 is 1.38 bits per heavy atom. The highest BCUT2D eigenvalue weighted by atomic mass is 19.1. The number of hydrogen-bond acceptors (Lipinski definition) is 3. The molecule has 0 spiro atoms. The highest BCUT2D eigenvalue weighted by Gasteiger charge is 2.24. The molecule has 1 saturated heterocycles. The van der Waals surface area contributed by atoms with E-state index in [1.165, 1.54) is 19.2 Å². The lowest BCUT2D eigenvalue weighted by Gasteiger charge is -2.31. The minimum atomic E-state index is -0.341. The number of carbonyl (C=O) groups is 2. The Morgan fingerprint density at radius 2 is 2.10 bits per heavy atom. The maximum Gasteiger partial charge on any atom is 0.409 e. The first-order valence-corrected chi connectivity index (χ1v) is 6.95. The summed E-state index contributed by atoms with van der Waals surface area (Å²) in [5, 5.41) is 2.92. The molecule has 1 aliphatic heterocycles. The summed E-state index contributed by atoms with van der Waals surface area (Å²) in [6.45, 7) is 1.13. The van der Waals surface area contributed by atoms with Crippen LogP contribution < -0.4 is 5.32 Å². The highest BCUT2D eigenvalue weighted by Crippen LogP contribution is 2.12. The van der Waals surface area contributed by atoms with E-state index in [-0.39, 0.29) is 30.3 Å². The average molecular weight is 294 g/mol. The van der Waals surface area contributed by atoms with Crippen molar-refractivity contribution in [2.45, 2.75) is 25.3 Å². The fourth-order valence-electron chi connectivity index (χ4n) is 2.45. The Bertz CT molecular complexity index is 513. The van der Waals surface area contributed by atoms with Crippen molar-refractivity contribution in [2.75, 3.05) is 20.2 Å². The molecular weight excluding hydrogens is 275 g/mol. The van der Waals surface area contributed by atoms with E-state index in [1.807, 2.05) is 0 Å². The zero-order chi connectivity index (χ0) is 15.2. The van der Waals surface area contributed by atoms with Crippen molar-refractivity contribution >= 4 is 12.0 Å².